The first-order valence-electron chi connectivity index (χ1n) is 8.57. The number of unbranched alkanes of at least 4 members (excludes halogenated alkanes) is 1. The maximum atomic E-state index is 6.10. The van der Waals surface area contributed by atoms with Crippen molar-refractivity contribution in [3.8, 4) is 17.0 Å². The van der Waals surface area contributed by atoms with Crippen LogP contribution in [0.25, 0.3) is 31.4 Å². The van der Waals surface area contributed by atoms with Crippen LogP contribution in [0.1, 0.15) is 19.8 Å². The highest BCUT2D eigenvalue weighted by Gasteiger charge is 2.16. The molecule has 0 aliphatic heterocycles. The van der Waals surface area contributed by atoms with E-state index in [9.17, 15) is 0 Å². The lowest BCUT2D eigenvalue weighted by Crippen LogP contribution is -1.99. The first-order valence-corrected chi connectivity index (χ1v) is 9.38. The molecule has 2 aromatic heterocycles. The molecule has 2 aromatic carbocycles. The molecular weight excluding hydrogens is 328 g/mol. The summed E-state index contributed by atoms with van der Waals surface area (Å²) >= 11 is 1.79. The summed E-state index contributed by atoms with van der Waals surface area (Å²) in [6, 6.07) is 16.6. The lowest BCUT2D eigenvalue weighted by molar-refractivity contribution is 0.311. The minimum Gasteiger partial charge on any atom is -0.493 e. The molecule has 25 heavy (non-hydrogen) atoms. The third kappa shape index (κ3) is 2.94. The number of hydrogen-bond acceptors (Lipinski definition) is 4. The monoisotopic (exact) mass is 348 g/mol. The van der Waals surface area contributed by atoms with Crippen molar-refractivity contribution in [2.75, 3.05) is 12.3 Å². The Labute approximate surface area is 151 Å². The molecule has 0 radical (unpaired) electrons. The van der Waals surface area contributed by atoms with Crippen molar-refractivity contribution in [3.05, 3.63) is 54.7 Å². The van der Waals surface area contributed by atoms with Gasteiger partial charge in [-0.2, -0.15) is 0 Å². The molecular formula is C21H20N2OS. The zero-order valence-corrected chi connectivity index (χ0v) is 15.0. The number of aromatic nitrogens is 1. The number of thiophene rings is 1. The summed E-state index contributed by atoms with van der Waals surface area (Å²) in [7, 11) is 0. The summed E-state index contributed by atoms with van der Waals surface area (Å²) in [5, 5.41) is 2.52. The number of fused-ring (bicyclic) bond motifs is 3. The number of anilines is 1. The van der Waals surface area contributed by atoms with Gasteiger partial charge in [-0.1, -0.05) is 31.5 Å². The van der Waals surface area contributed by atoms with Gasteiger partial charge in [-0.05, 0) is 36.8 Å². The van der Waals surface area contributed by atoms with E-state index in [0.717, 1.165) is 36.5 Å². The molecule has 4 rings (SSSR count). The van der Waals surface area contributed by atoms with Crippen LogP contribution in [0.5, 0.6) is 5.75 Å². The van der Waals surface area contributed by atoms with E-state index in [1.165, 1.54) is 20.2 Å². The van der Waals surface area contributed by atoms with E-state index >= 15 is 0 Å². The lowest BCUT2D eigenvalue weighted by Gasteiger charge is -2.12. The number of pyridine rings is 1. The van der Waals surface area contributed by atoms with Crippen molar-refractivity contribution in [2.24, 2.45) is 0 Å². The maximum Gasteiger partial charge on any atom is 0.130 e. The van der Waals surface area contributed by atoms with Crippen LogP contribution >= 0.6 is 11.3 Å². The summed E-state index contributed by atoms with van der Waals surface area (Å²) in [4.78, 5) is 4.56. The Morgan fingerprint density at radius 2 is 1.92 bits per heavy atom. The highest BCUT2D eigenvalue weighted by atomic mass is 32.1. The molecule has 0 bridgehead atoms. The fourth-order valence-electron chi connectivity index (χ4n) is 3.01. The predicted molar refractivity (Wildman–Crippen MR) is 107 cm³/mol. The molecule has 0 aliphatic carbocycles. The van der Waals surface area contributed by atoms with Crippen LogP contribution < -0.4 is 10.5 Å². The zero-order valence-electron chi connectivity index (χ0n) is 14.2. The summed E-state index contributed by atoms with van der Waals surface area (Å²) in [5.74, 6) is 0.893. The molecule has 0 fully saturated rings. The topological polar surface area (TPSA) is 48.1 Å². The molecule has 2 heterocycles. The van der Waals surface area contributed by atoms with Crippen LogP contribution in [-0.4, -0.2) is 11.6 Å². The first kappa shape index (κ1) is 15.9. The molecule has 3 nitrogen and oxygen atoms in total. The van der Waals surface area contributed by atoms with Crippen LogP contribution in [0.2, 0.25) is 0 Å². The highest BCUT2D eigenvalue weighted by Crippen LogP contribution is 2.44. The molecule has 0 saturated heterocycles. The van der Waals surface area contributed by atoms with Crippen molar-refractivity contribution in [2.45, 2.75) is 19.8 Å². The van der Waals surface area contributed by atoms with Crippen LogP contribution in [-0.2, 0) is 0 Å². The van der Waals surface area contributed by atoms with E-state index in [1.54, 1.807) is 17.5 Å². The van der Waals surface area contributed by atoms with E-state index in [-0.39, 0.29) is 0 Å². The number of rotatable bonds is 5. The third-order valence-corrected chi connectivity index (χ3v) is 5.51. The number of ether oxygens (including phenoxy) is 1. The Kier molecular flexibility index (Phi) is 4.28. The number of hydrogen-bond donors (Lipinski definition) is 1. The van der Waals surface area contributed by atoms with Crippen molar-refractivity contribution in [1.29, 1.82) is 0 Å². The molecule has 0 saturated carbocycles. The van der Waals surface area contributed by atoms with Gasteiger partial charge in [0.25, 0.3) is 0 Å². The second-order valence-electron chi connectivity index (χ2n) is 6.09. The summed E-state index contributed by atoms with van der Waals surface area (Å²) in [6.07, 6.45) is 3.86. The first-order chi connectivity index (χ1) is 12.3. The van der Waals surface area contributed by atoms with Gasteiger partial charge >= 0.3 is 0 Å². The zero-order chi connectivity index (χ0) is 17.2. The Bertz CT molecular complexity index is 1020. The van der Waals surface area contributed by atoms with Crippen molar-refractivity contribution in [1.82, 2.24) is 4.98 Å². The van der Waals surface area contributed by atoms with Crippen LogP contribution in [0.4, 0.5) is 5.69 Å². The van der Waals surface area contributed by atoms with Crippen LogP contribution in [0.15, 0.2) is 54.7 Å². The molecule has 4 heteroatoms. The highest BCUT2D eigenvalue weighted by molar-refractivity contribution is 7.26. The number of benzene rings is 2. The molecule has 0 unspecified atom stereocenters. The molecule has 0 spiro atoms. The van der Waals surface area contributed by atoms with Gasteiger partial charge in [-0.3, -0.25) is 4.98 Å². The molecule has 126 valence electrons. The minimum atomic E-state index is 0.667. The van der Waals surface area contributed by atoms with E-state index in [4.69, 9.17) is 10.5 Å². The van der Waals surface area contributed by atoms with Gasteiger partial charge in [0.15, 0.2) is 0 Å². The summed E-state index contributed by atoms with van der Waals surface area (Å²) in [5.41, 5.74) is 8.46. The fourth-order valence-corrected chi connectivity index (χ4v) is 4.26. The predicted octanol–water partition coefficient (Wildman–Crippen LogP) is 5.88. The van der Waals surface area contributed by atoms with Crippen LogP contribution in [0, 0.1) is 0 Å². The van der Waals surface area contributed by atoms with Gasteiger partial charge in [0.05, 0.1) is 29.7 Å². The van der Waals surface area contributed by atoms with Gasteiger partial charge in [0.1, 0.15) is 5.75 Å². The van der Waals surface area contributed by atoms with Crippen molar-refractivity contribution < 1.29 is 4.74 Å². The minimum absolute atomic E-state index is 0.667. The quantitative estimate of drug-likeness (QED) is 0.458. The molecule has 0 aliphatic rings. The molecule has 0 atom stereocenters. The van der Waals surface area contributed by atoms with Gasteiger partial charge in [-0.25, -0.2) is 0 Å². The fraction of sp³-hybridized carbons (Fsp3) is 0.190. The normalized spacial score (nSPS) is 11.2. The second kappa shape index (κ2) is 6.73. The standard InChI is InChI=1S/C21H20N2OS/c1-2-3-12-24-18-11-9-16-15-6-4-5-7-19(15)25-21(16)20(18)17-10-8-14(22)13-23-17/h4-11,13H,2-3,12,22H2,1H3. The summed E-state index contributed by atoms with van der Waals surface area (Å²) < 4.78 is 8.59. The third-order valence-electron chi connectivity index (χ3n) is 4.31. The van der Waals surface area contributed by atoms with Gasteiger partial charge in [0, 0.05) is 20.2 Å². The number of nitrogens with zero attached hydrogens (tertiary/aromatic N) is 1. The Hall–Kier alpha value is -2.59. The molecule has 2 N–H and O–H groups in total. The van der Waals surface area contributed by atoms with Crippen molar-refractivity contribution in [3.63, 3.8) is 0 Å². The molecule has 0 amide bonds. The van der Waals surface area contributed by atoms with Crippen LogP contribution in [0.3, 0.4) is 0 Å². The van der Waals surface area contributed by atoms with E-state index in [0.29, 0.717) is 5.69 Å². The average molecular weight is 348 g/mol. The summed E-state index contributed by atoms with van der Waals surface area (Å²) in [6.45, 7) is 2.88. The average Bonchev–Trinajstić information content (AvgIpc) is 3.01. The Morgan fingerprint density at radius 3 is 2.72 bits per heavy atom. The van der Waals surface area contributed by atoms with Crippen molar-refractivity contribution >= 4 is 37.2 Å². The van der Waals surface area contributed by atoms with E-state index in [2.05, 4.69) is 48.3 Å². The Morgan fingerprint density at radius 1 is 1.04 bits per heavy atom. The van der Waals surface area contributed by atoms with E-state index < -0.39 is 0 Å². The smallest absolute Gasteiger partial charge is 0.130 e. The largest absolute Gasteiger partial charge is 0.493 e. The SMILES string of the molecule is CCCCOc1ccc2c(sc3ccccc32)c1-c1ccc(N)cn1. The van der Waals surface area contributed by atoms with E-state index in [1.807, 2.05) is 12.1 Å². The molecule has 4 aromatic rings. The van der Waals surface area contributed by atoms with Gasteiger partial charge in [-0.15, -0.1) is 11.3 Å². The Balaban J connectivity index is 1.95. The van der Waals surface area contributed by atoms with Gasteiger partial charge < -0.3 is 10.5 Å². The number of nitrogens with two attached hydrogens (primary N) is 1. The lowest BCUT2D eigenvalue weighted by atomic mass is 10.0. The van der Waals surface area contributed by atoms with Gasteiger partial charge in [0.2, 0.25) is 0 Å². The second-order valence-corrected chi connectivity index (χ2v) is 7.14. The number of nitrogen functional groups attached to an aromatic ring is 1. The maximum absolute atomic E-state index is 6.10.